The predicted octanol–water partition coefficient (Wildman–Crippen LogP) is 1.92. The molecule has 17 heavy (non-hydrogen) atoms. The van der Waals surface area contributed by atoms with Gasteiger partial charge in [-0.2, -0.15) is 0 Å². The predicted molar refractivity (Wildman–Crippen MR) is 68.1 cm³/mol. The molecule has 1 fully saturated rings. The number of sulfonamides is 1. The van der Waals surface area contributed by atoms with Gasteiger partial charge in [0.25, 0.3) is 5.91 Å². The van der Waals surface area contributed by atoms with Gasteiger partial charge in [0.2, 0.25) is 10.0 Å². The summed E-state index contributed by atoms with van der Waals surface area (Å²) >= 11 is 3.21. The largest absolute Gasteiger partial charge is 0.268 e. The third kappa shape index (κ3) is 3.54. The van der Waals surface area contributed by atoms with E-state index in [9.17, 15) is 13.2 Å². The molecular formula is C11H12BrNO3S. The second-order valence-corrected chi connectivity index (χ2v) is 6.76. The number of amides is 1. The van der Waals surface area contributed by atoms with E-state index in [1.807, 2.05) is 0 Å². The maximum absolute atomic E-state index is 11.8. The monoisotopic (exact) mass is 317 g/mol. The van der Waals surface area contributed by atoms with Crippen molar-refractivity contribution >= 4 is 31.9 Å². The van der Waals surface area contributed by atoms with E-state index in [0.29, 0.717) is 10.0 Å². The normalized spacial score (nSPS) is 15.6. The number of rotatable bonds is 4. The van der Waals surface area contributed by atoms with E-state index in [2.05, 4.69) is 20.7 Å². The van der Waals surface area contributed by atoms with Gasteiger partial charge >= 0.3 is 0 Å². The summed E-state index contributed by atoms with van der Waals surface area (Å²) in [6.45, 7) is 0. The van der Waals surface area contributed by atoms with E-state index in [1.165, 1.54) is 0 Å². The standard InChI is InChI=1S/C11H12BrNO3S/c12-10-4-2-1-3-9(10)11(14)13-17(15,16)7-8-5-6-8/h1-4,8H,5-7H2,(H,13,14). The Morgan fingerprint density at radius 3 is 2.59 bits per heavy atom. The Morgan fingerprint density at radius 1 is 1.35 bits per heavy atom. The fraction of sp³-hybridized carbons (Fsp3) is 0.364. The lowest BCUT2D eigenvalue weighted by atomic mass is 10.2. The number of hydrogen-bond acceptors (Lipinski definition) is 3. The van der Waals surface area contributed by atoms with E-state index in [-0.39, 0.29) is 11.7 Å². The number of halogens is 1. The molecule has 4 nitrogen and oxygen atoms in total. The highest BCUT2D eigenvalue weighted by atomic mass is 79.9. The van der Waals surface area contributed by atoms with Gasteiger partial charge in [-0.05, 0) is 46.8 Å². The highest BCUT2D eigenvalue weighted by molar-refractivity contribution is 9.10. The van der Waals surface area contributed by atoms with Crippen LogP contribution in [0, 0.1) is 5.92 Å². The summed E-state index contributed by atoms with van der Waals surface area (Å²) in [5.74, 6) is -0.318. The molecule has 0 spiro atoms. The fourth-order valence-electron chi connectivity index (χ4n) is 1.48. The fourth-order valence-corrected chi connectivity index (χ4v) is 3.37. The highest BCUT2D eigenvalue weighted by Crippen LogP contribution is 2.30. The topological polar surface area (TPSA) is 63.2 Å². The minimum Gasteiger partial charge on any atom is -0.268 e. The van der Waals surface area contributed by atoms with Crippen LogP contribution in [-0.2, 0) is 10.0 Å². The average Bonchev–Trinajstić information content (AvgIpc) is 3.00. The van der Waals surface area contributed by atoms with Crippen molar-refractivity contribution in [3.8, 4) is 0 Å². The van der Waals surface area contributed by atoms with Crippen LogP contribution >= 0.6 is 15.9 Å². The molecule has 0 saturated heterocycles. The smallest absolute Gasteiger partial charge is 0.265 e. The van der Waals surface area contributed by atoms with Gasteiger partial charge in [-0.1, -0.05) is 12.1 Å². The van der Waals surface area contributed by atoms with Crippen LogP contribution < -0.4 is 4.72 Å². The molecule has 0 atom stereocenters. The van der Waals surface area contributed by atoms with Crippen LogP contribution in [-0.4, -0.2) is 20.1 Å². The summed E-state index contributed by atoms with van der Waals surface area (Å²) in [6.07, 6.45) is 1.87. The third-order valence-electron chi connectivity index (χ3n) is 2.52. The van der Waals surface area contributed by atoms with Gasteiger partial charge in [0.1, 0.15) is 0 Å². The van der Waals surface area contributed by atoms with Gasteiger partial charge in [-0.25, -0.2) is 13.1 Å². The first-order valence-electron chi connectivity index (χ1n) is 5.27. The quantitative estimate of drug-likeness (QED) is 0.922. The van der Waals surface area contributed by atoms with Crippen LogP contribution in [0.5, 0.6) is 0 Å². The van der Waals surface area contributed by atoms with Gasteiger partial charge in [-0.3, -0.25) is 4.79 Å². The first kappa shape index (κ1) is 12.6. The second kappa shape index (κ2) is 4.78. The van der Waals surface area contributed by atoms with Crippen LogP contribution in [0.25, 0.3) is 0 Å². The molecule has 0 bridgehead atoms. The molecule has 1 aromatic rings. The lowest BCUT2D eigenvalue weighted by molar-refractivity contribution is 0.0980. The molecular weight excluding hydrogens is 306 g/mol. The van der Waals surface area contributed by atoms with Gasteiger partial charge in [0.15, 0.2) is 0 Å². The minimum absolute atomic E-state index is 0.0448. The first-order valence-corrected chi connectivity index (χ1v) is 7.72. The number of carbonyl (C=O) groups excluding carboxylic acids is 1. The van der Waals surface area contributed by atoms with Gasteiger partial charge in [0.05, 0.1) is 11.3 Å². The third-order valence-corrected chi connectivity index (χ3v) is 4.62. The van der Waals surface area contributed by atoms with Crippen LogP contribution in [0.4, 0.5) is 0 Å². The molecule has 0 heterocycles. The van der Waals surface area contributed by atoms with E-state index >= 15 is 0 Å². The Bertz CT molecular complexity index is 537. The second-order valence-electron chi connectivity index (χ2n) is 4.14. The van der Waals surface area contributed by atoms with Crippen LogP contribution in [0.3, 0.4) is 0 Å². The average molecular weight is 318 g/mol. The van der Waals surface area contributed by atoms with Gasteiger partial charge < -0.3 is 0 Å². The Balaban J connectivity index is 2.08. The van der Waals surface area contributed by atoms with Crippen LogP contribution in [0.15, 0.2) is 28.7 Å². The molecule has 1 aromatic carbocycles. The van der Waals surface area contributed by atoms with E-state index in [1.54, 1.807) is 24.3 Å². The number of carbonyl (C=O) groups is 1. The van der Waals surface area contributed by atoms with Crippen molar-refractivity contribution in [3.63, 3.8) is 0 Å². The number of nitrogens with one attached hydrogen (secondary N) is 1. The Morgan fingerprint density at radius 2 is 2.00 bits per heavy atom. The molecule has 1 amide bonds. The van der Waals surface area contributed by atoms with Gasteiger partial charge in [0, 0.05) is 4.47 Å². The Hall–Kier alpha value is -0.880. The molecule has 1 aliphatic rings. The summed E-state index contributed by atoms with van der Waals surface area (Å²) in [4.78, 5) is 11.8. The van der Waals surface area contributed by atoms with Crippen molar-refractivity contribution in [1.82, 2.24) is 4.72 Å². The van der Waals surface area contributed by atoms with E-state index < -0.39 is 15.9 Å². The Kier molecular flexibility index (Phi) is 3.53. The number of hydrogen-bond donors (Lipinski definition) is 1. The van der Waals surface area contributed by atoms with Crippen molar-refractivity contribution < 1.29 is 13.2 Å². The molecule has 1 saturated carbocycles. The zero-order valence-corrected chi connectivity index (χ0v) is 11.4. The molecule has 92 valence electrons. The maximum Gasteiger partial charge on any atom is 0.265 e. The summed E-state index contributed by atoms with van der Waals surface area (Å²) in [5, 5.41) is 0. The summed E-state index contributed by atoms with van der Waals surface area (Å²) in [7, 11) is -3.50. The van der Waals surface area contributed by atoms with E-state index in [4.69, 9.17) is 0 Å². The zero-order valence-electron chi connectivity index (χ0n) is 9.02. The summed E-state index contributed by atoms with van der Waals surface area (Å²) < 4.78 is 25.9. The molecule has 0 aliphatic heterocycles. The van der Waals surface area contributed by atoms with Gasteiger partial charge in [-0.15, -0.1) is 0 Å². The van der Waals surface area contributed by atoms with Crippen LogP contribution in [0.2, 0.25) is 0 Å². The molecule has 6 heteroatoms. The molecule has 0 radical (unpaired) electrons. The van der Waals surface area contributed by atoms with Crippen molar-refractivity contribution in [2.45, 2.75) is 12.8 Å². The van der Waals surface area contributed by atoms with Crippen molar-refractivity contribution in [2.24, 2.45) is 5.92 Å². The molecule has 1 aliphatic carbocycles. The molecule has 0 unspecified atom stereocenters. The summed E-state index contributed by atoms with van der Waals surface area (Å²) in [6, 6.07) is 6.72. The van der Waals surface area contributed by atoms with Crippen molar-refractivity contribution in [3.05, 3.63) is 34.3 Å². The summed E-state index contributed by atoms with van der Waals surface area (Å²) in [5.41, 5.74) is 0.326. The highest BCUT2D eigenvalue weighted by Gasteiger charge is 2.29. The van der Waals surface area contributed by atoms with Crippen LogP contribution in [0.1, 0.15) is 23.2 Å². The lowest BCUT2D eigenvalue weighted by Crippen LogP contribution is -2.33. The minimum atomic E-state index is -3.50. The SMILES string of the molecule is O=C(NS(=O)(=O)CC1CC1)c1ccccc1Br. The molecule has 1 N–H and O–H groups in total. The van der Waals surface area contributed by atoms with Crippen molar-refractivity contribution in [1.29, 1.82) is 0 Å². The molecule has 0 aromatic heterocycles. The van der Waals surface area contributed by atoms with Crippen molar-refractivity contribution in [2.75, 3.05) is 5.75 Å². The maximum atomic E-state index is 11.8. The number of benzene rings is 1. The first-order chi connectivity index (χ1) is 7.98. The molecule has 2 rings (SSSR count). The Labute approximate surface area is 109 Å². The lowest BCUT2D eigenvalue weighted by Gasteiger charge is -2.07. The zero-order chi connectivity index (χ0) is 12.5. The van der Waals surface area contributed by atoms with E-state index in [0.717, 1.165) is 12.8 Å².